The highest BCUT2D eigenvalue weighted by Crippen LogP contribution is 2.10. The molecule has 0 fully saturated rings. The summed E-state index contributed by atoms with van der Waals surface area (Å²) in [6.07, 6.45) is 4.77. The van der Waals surface area contributed by atoms with Crippen molar-refractivity contribution in [2.75, 3.05) is 0 Å². The Morgan fingerprint density at radius 1 is 1.13 bits per heavy atom. The van der Waals surface area contributed by atoms with Crippen LogP contribution in [0.2, 0.25) is 5.28 Å². The molecule has 0 aliphatic heterocycles. The Balaban J connectivity index is 1.96. The zero-order valence-electron chi connectivity index (χ0n) is 7.80. The van der Waals surface area contributed by atoms with Crippen LogP contribution in [0.25, 0.3) is 0 Å². The Labute approximate surface area is 91.9 Å². The first-order valence-electron chi connectivity index (χ1n) is 4.35. The molecule has 0 atom stereocenters. The van der Waals surface area contributed by atoms with E-state index in [9.17, 15) is 0 Å². The van der Waals surface area contributed by atoms with E-state index in [1.54, 1.807) is 6.20 Å². The minimum absolute atomic E-state index is 0.209. The van der Waals surface area contributed by atoms with Crippen LogP contribution >= 0.6 is 11.6 Å². The number of halogens is 1. The van der Waals surface area contributed by atoms with Crippen molar-refractivity contribution in [3.63, 3.8) is 0 Å². The quantitative estimate of drug-likeness (QED) is 0.745. The molecule has 2 aromatic heterocycles. The maximum absolute atomic E-state index is 5.54. The fraction of sp³-hybridized carbons (Fsp3) is 0.100. The van der Waals surface area contributed by atoms with Gasteiger partial charge in [0.05, 0.1) is 18.1 Å². The molecule has 2 heterocycles. The summed E-state index contributed by atoms with van der Waals surface area (Å²) in [6, 6.07) is 5.65. The number of rotatable bonds is 3. The molecule has 0 amide bonds. The first kappa shape index (κ1) is 9.86. The third kappa shape index (κ3) is 2.89. The van der Waals surface area contributed by atoms with Crippen molar-refractivity contribution < 1.29 is 4.74 Å². The molecule has 5 heteroatoms. The number of hydrogen-bond donors (Lipinski definition) is 0. The van der Waals surface area contributed by atoms with Gasteiger partial charge >= 0.3 is 0 Å². The van der Waals surface area contributed by atoms with Gasteiger partial charge in [0.25, 0.3) is 0 Å². The number of nitrogens with zero attached hydrogens (tertiary/aromatic N) is 3. The highest BCUT2D eigenvalue weighted by molar-refractivity contribution is 6.28. The summed E-state index contributed by atoms with van der Waals surface area (Å²) < 4.78 is 5.40. The maximum Gasteiger partial charge on any atom is 0.222 e. The van der Waals surface area contributed by atoms with Gasteiger partial charge in [-0.3, -0.25) is 4.98 Å². The summed E-state index contributed by atoms with van der Waals surface area (Å²) in [4.78, 5) is 11.7. The van der Waals surface area contributed by atoms with Gasteiger partial charge in [-0.25, -0.2) is 9.97 Å². The molecule has 0 saturated carbocycles. The molecule has 0 radical (unpaired) electrons. The van der Waals surface area contributed by atoms with Crippen molar-refractivity contribution in [2.24, 2.45) is 0 Å². The summed E-state index contributed by atoms with van der Waals surface area (Å²) in [6.45, 7) is 0.395. The van der Waals surface area contributed by atoms with Crippen molar-refractivity contribution in [3.8, 4) is 5.75 Å². The highest BCUT2D eigenvalue weighted by Gasteiger charge is 1.97. The fourth-order valence-corrected chi connectivity index (χ4v) is 1.11. The second-order valence-electron chi connectivity index (χ2n) is 2.80. The summed E-state index contributed by atoms with van der Waals surface area (Å²) in [5.41, 5.74) is 0.854. The van der Waals surface area contributed by atoms with Gasteiger partial charge in [-0.2, -0.15) is 0 Å². The Kier molecular flexibility index (Phi) is 3.09. The van der Waals surface area contributed by atoms with E-state index in [2.05, 4.69) is 15.0 Å². The standard InChI is InChI=1S/C10H8ClN3O/c11-10-13-5-9(6-14-10)15-7-8-3-1-2-4-12-8/h1-6H,7H2. The van der Waals surface area contributed by atoms with Crippen LogP contribution < -0.4 is 4.74 Å². The minimum atomic E-state index is 0.209. The molecule has 76 valence electrons. The molecular weight excluding hydrogens is 214 g/mol. The van der Waals surface area contributed by atoms with Gasteiger partial charge in [0.1, 0.15) is 6.61 Å². The molecule has 0 spiro atoms. The van der Waals surface area contributed by atoms with E-state index in [4.69, 9.17) is 16.3 Å². The Bertz CT molecular complexity index is 418. The first-order valence-corrected chi connectivity index (χ1v) is 4.72. The van der Waals surface area contributed by atoms with Crippen LogP contribution in [0.1, 0.15) is 5.69 Å². The third-order valence-electron chi connectivity index (χ3n) is 1.71. The van der Waals surface area contributed by atoms with E-state index in [1.807, 2.05) is 18.2 Å². The second-order valence-corrected chi connectivity index (χ2v) is 3.14. The average molecular weight is 222 g/mol. The number of pyridine rings is 1. The van der Waals surface area contributed by atoms with Crippen molar-refractivity contribution in [1.29, 1.82) is 0 Å². The Hall–Kier alpha value is -1.68. The summed E-state index contributed by atoms with van der Waals surface area (Å²) in [5.74, 6) is 0.574. The van der Waals surface area contributed by atoms with E-state index >= 15 is 0 Å². The summed E-state index contributed by atoms with van der Waals surface area (Å²) in [5, 5.41) is 0.209. The Morgan fingerprint density at radius 3 is 2.60 bits per heavy atom. The lowest BCUT2D eigenvalue weighted by Crippen LogP contribution is -1.98. The minimum Gasteiger partial charge on any atom is -0.484 e. The zero-order chi connectivity index (χ0) is 10.5. The van der Waals surface area contributed by atoms with Gasteiger partial charge in [-0.05, 0) is 23.7 Å². The topological polar surface area (TPSA) is 47.9 Å². The summed E-state index contributed by atoms with van der Waals surface area (Å²) in [7, 11) is 0. The lowest BCUT2D eigenvalue weighted by atomic mass is 10.4. The van der Waals surface area contributed by atoms with Crippen molar-refractivity contribution in [2.45, 2.75) is 6.61 Å². The van der Waals surface area contributed by atoms with Crippen LogP contribution in [0.4, 0.5) is 0 Å². The molecule has 0 N–H and O–H groups in total. The fourth-order valence-electron chi connectivity index (χ4n) is 1.02. The van der Waals surface area contributed by atoms with Gasteiger partial charge in [0.15, 0.2) is 5.75 Å². The monoisotopic (exact) mass is 221 g/mol. The van der Waals surface area contributed by atoms with Crippen LogP contribution in [0, 0.1) is 0 Å². The molecule has 0 saturated heterocycles. The average Bonchev–Trinajstić information content (AvgIpc) is 2.30. The largest absolute Gasteiger partial charge is 0.484 e. The normalized spacial score (nSPS) is 9.93. The van der Waals surface area contributed by atoms with E-state index in [1.165, 1.54) is 12.4 Å². The third-order valence-corrected chi connectivity index (χ3v) is 1.90. The molecule has 0 aliphatic rings. The van der Waals surface area contributed by atoms with E-state index in [0.29, 0.717) is 12.4 Å². The highest BCUT2D eigenvalue weighted by atomic mass is 35.5. The van der Waals surface area contributed by atoms with Gasteiger partial charge < -0.3 is 4.74 Å². The van der Waals surface area contributed by atoms with Crippen LogP contribution in [-0.4, -0.2) is 15.0 Å². The van der Waals surface area contributed by atoms with Gasteiger partial charge in [0.2, 0.25) is 5.28 Å². The number of ether oxygens (including phenoxy) is 1. The van der Waals surface area contributed by atoms with Crippen molar-refractivity contribution in [3.05, 3.63) is 47.8 Å². The predicted octanol–water partition coefficient (Wildman–Crippen LogP) is 2.10. The van der Waals surface area contributed by atoms with E-state index in [0.717, 1.165) is 5.69 Å². The zero-order valence-corrected chi connectivity index (χ0v) is 8.55. The van der Waals surface area contributed by atoms with Crippen LogP contribution in [0.5, 0.6) is 5.75 Å². The SMILES string of the molecule is Clc1ncc(OCc2ccccn2)cn1. The molecule has 15 heavy (non-hydrogen) atoms. The maximum atomic E-state index is 5.54. The first-order chi connectivity index (χ1) is 7.34. The smallest absolute Gasteiger partial charge is 0.222 e. The Morgan fingerprint density at radius 2 is 1.93 bits per heavy atom. The molecule has 0 bridgehead atoms. The van der Waals surface area contributed by atoms with Gasteiger partial charge in [-0.15, -0.1) is 0 Å². The lowest BCUT2D eigenvalue weighted by molar-refractivity contribution is 0.299. The molecule has 0 aliphatic carbocycles. The summed E-state index contributed by atoms with van der Waals surface area (Å²) >= 11 is 5.54. The molecule has 2 aromatic rings. The van der Waals surface area contributed by atoms with E-state index < -0.39 is 0 Å². The van der Waals surface area contributed by atoms with Gasteiger partial charge in [-0.1, -0.05) is 6.07 Å². The second kappa shape index (κ2) is 4.70. The molecule has 2 rings (SSSR count). The lowest BCUT2D eigenvalue weighted by Gasteiger charge is -2.03. The van der Waals surface area contributed by atoms with Crippen LogP contribution in [-0.2, 0) is 6.61 Å². The molecule has 0 aromatic carbocycles. The number of hydrogen-bond acceptors (Lipinski definition) is 4. The molecule has 0 unspecified atom stereocenters. The van der Waals surface area contributed by atoms with Crippen LogP contribution in [0.15, 0.2) is 36.8 Å². The number of aromatic nitrogens is 3. The van der Waals surface area contributed by atoms with E-state index in [-0.39, 0.29) is 5.28 Å². The molecule has 4 nitrogen and oxygen atoms in total. The van der Waals surface area contributed by atoms with Crippen molar-refractivity contribution in [1.82, 2.24) is 15.0 Å². The molecular formula is C10H8ClN3O. The van der Waals surface area contributed by atoms with Gasteiger partial charge in [0, 0.05) is 6.20 Å². The van der Waals surface area contributed by atoms with Crippen molar-refractivity contribution >= 4 is 11.6 Å². The van der Waals surface area contributed by atoms with Crippen LogP contribution in [0.3, 0.4) is 0 Å². The predicted molar refractivity (Wildman–Crippen MR) is 55.6 cm³/mol.